The molecule has 4 aromatic rings. The minimum absolute atomic E-state index is 0.0894. The van der Waals surface area contributed by atoms with Crippen molar-refractivity contribution in [3.8, 4) is 5.75 Å². The number of benzene rings is 2. The van der Waals surface area contributed by atoms with Crippen molar-refractivity contribution in [1.82, 2.24) is 19.4 Å². The summed E-state index contributed by atoms with van der Waals surface area (Å²) in [6.45, 7) is 5.12. The molecule has 9 nitrogen and oxygen atoms in total. The Morgan fingerprint density at radius 1 is 1.19 bits per heavy atom. The Labute approximate surface area is 184 Å². The zero-order valence-electron chi connectivity index (χ0n) is 18.4. The maximum absolute atomic E-state index is 12.4. The Balaban J connectivity index is 2.00. The summed E-state index contributed by atoms with van der Waals surface area (Å²) in [6.07, 6.45) is -0.999. The van der Waals surface area contributed by atoms with E-state index in [-0.39, 0.29) is 5.75 Å². The Morgan fingerprint density at radius 2 is 1.91 bits per heavy atom. The molecule has 2 aromatic heterocycles. The fourth-order valence-electron chi connectivity index (χ4n) is 3.75. The van der Waals surface area contributed by atoms with Crippen molar-refractivity contribution in [3.63, 3.8) is 0 Å². The largest absolute Gasteiger partial charge is 0.481 e. The van der Waals surface area contributed by atoms with E-state index in [2.05, 4.69) is 9.47 Å². The van der Waals surface area contributed by atoms with Gasteiger partial charge in [-0.1, -0.05) is 18.2 Å². The van der Waals surface area contributed by atoms with Gasteiger partial charge in [0.05, 0.1) is 11.0 Å². The average molecular weight is 456 g/mol. The number of fused-ring (bicyclic) bond motifs is 4. The second-order valence-corrected chi connectivity index (χ2v) is 9.94. The molecule has 10 heteroatoms. The summed E-state index contributed by atoms with van der Waals surface area (Å²) in [7, 11) is -0.407. The van der Waals surface area contributed by atoms with Crippen LogP contribution in [0.25, 0.3) is 33.1 Å². The number of carbonyl (C=O) groups is 1. The second-order valence-electron chi connectivity index (χ2n) is 8.16. The molecule has 0 aliphatic rings. The van der Waals surface area contributed by atoms with Crippen LogP contribution in [0.3, 0.4) is 0 Å². The Bertz CT molecular complexity index is 1410. The first kappa shape index (κ1) is 22.2. The average Bonchev–Trinajstić information content (AvgIpc) is 3.00. The number of aryl methyl sites for hydroxylation is 1. The van der Waals surface area contributed by atoms with Crippen LogP contribution in [0.5, 0.6) is 5.75 Å². The van der Waals surface area contributed by atoms with Gasteiger partial charge in [-0.2, -0.15) is 0 Å². The van der Waals surface area contributed by atoms with Gasteiger partial charge in [-0.25, -0.2) is 14.5 Å². The number of hydrogen-bond donors (Lipinski definition) is 2. The lowest BCUT2D eigenvalue weighted by Crippen LogP contribution is -2.18. The number of hydrogen-bond acceptors (Lipinski definition) is 6. The first-order valence-corrected chi connectivity index (χ1v) is 11.9. The number of nitrogens with zero attached hydrogens (tertiary/aromatic N) is 4. The Morgan fingerprint density at radius 3 is 2.59 bits per heavy atom. The van der Waals surface area contributed by atoms with Crippen LogP contribution in [-0.2, 0) is 15.9 Å². The van der Waals surface area contributed by atoms with Crippen molar-refractivity contribution in [2.45, 2.75) is 20.4 Å². The second kappa shape index (κ2) is 8.16. The fourth-order valence-corrected chi connectivity index (χ4v) is 4.67. The summed E-state index contributed by atoms with van der Waals surface area (Å²) >= 11 is 0. The maximum Gasteiger partial charge on any atom is 0.387 e. The zero-order valence-corrected chi connectivity index (χ0v) is 19.3. The number of carboxylic acids is 1. The molecular weight excluding hydrogens is 431 g/mol. The molecule has 4 rings (SSSR count). The molecule has 0 fully saturated rings. The third-order valence-electron chi connectivity index (χ3n) is 5.45. The summed E-state index contributed by atoms with van der Waals surface area (Å²) < 4.78 is 19.9. The van der Waals surface area contributed by atoms with Crippen LogP contribution in [0.15, 0.2) is 30.3 Å². The molecule has 0 amide bonds. The van der Waals surface area contributed by atoms with Gasteiger partial charge in [0.25, 0.3) is 0 Å². The van der Waals surface area contributed by atoms with Gasteiger partial charge < -0.3 is 24.0 Å². The number of para-hydroxylation sites is 1. The predicted octanol–water partition coefficient (Wildman–Crippen LogP) is 3.56. The van der Waals surface area contributed by atoms with Crippen molar-refractivity contribution in [3.05, 3.63) is 41.5 Å². The van der Waals surface area contributed by atoms with Crippen LogP contribution < -0.4 is 4.52 Å². The van der Waals surface area contributed by atoms with E-state index in [9.17, 15) is 14.3 Å². The van der Waals surface area contributed by atoms with Crippen molar-refractivity contribution in [2.75, 3.05) is 26.8 Å². The van der Waals surface area contributed by atoms with Crippen molar-refractivity contribution >= 4 is 46.7 Å². The topological polar surface area (TPSA) is 118 Å². The van der Waals surface area contributed by atoms with E-state index < -0.39 is 19.7 Å². The lowest BCUT2D eigenvalue weighted by molar-refractivity contribution is -0.134. The highest BCUT2D eigenvalue weighted by Crippen LogP contribution is 2.46. The summed E-state index contributed by atoms with van der Waals surface area (Å²) in [6, 6.07) is 9.73. The number of aromatic nitrogens is 3. The quantitative estimate of drug-likeness (QED) is 0.405. The van der Waals surface area contributed by atoms with Gasteiger partial charge in [0.1, 0.15) is 11.0 Å². The summed E-state index contributed by atoms with van der Waals surface area (Å²) in [4.78, 5) is 32.9. The van der Waals surface area contributed by atoms with Gasteiger partial charge in [0, 0.05) is 18.5 Å². The smallest absolute Gasteiger partial charge is 0.387 e. The van der Waals surface area contributed by atoms with Gasteiger partial charge in [-0.05, 0) is 51.2 Å². The van der Waals surface area contributed by atoms with Crippen LogP contribution in [0.2, 0.25) is 0 Å². The molecule has 168 valence electrons. The number of likely N-dealkylation sites (N-methyl/N-ethyl adjacent to an activating group) is 1. The molecule has 1 atom stereocenters. The highest BCUT2D eigenvalue weighted by molar-refractivity contribution is 7.54. The molecule has 1 unspecified atom stereocenters. The van der Waals surface area contributed by atoms with Crippen LogP contribution in [0.1, 0.15) is 11.1 Å². The third kappa shape index (κ3) is 4.07. The van der Waals surface area contributed by atoms with E-state index in [1.807, 2.05) is 51.4 Å². The van der Waals surface area contributed by atoms with Gasteiger partial charge in [0.2, 0.25) is 0 Å². The summed E-state index contributed by atoms with van der Waals surface area (Å²) in [5.74, 6) is -1.32. The third-order valence-corrected chi connectivity index (χ3v) is 6.59. The first-order chi connectivity index (χ1) is 15.1. The molecule has 0 aliphatic carbocycles. The van der Waals surface area contributed by atoms with E-state index in [0.717, 1.165) is 29.6 Å². The highest BCUT2D eigenvalue weighted by atomic mass is 31.2. The predicted molar refractivity (Wildman–Crippen MR) is 124 cm³/mol. The van der Waals surface area contributed by atoms with Crippen molar-refractivity contribution < 1.29 is 23.9 Å². The Hall–Kier alpha value is -3.00. The summed E-state index contributed by atoms with van der Waals surface area (Å²) in [5, 5.41) is 9.88. The molecule has 2 N–H and O–H groups in total. The van der Waals surface area contributed by atoms with E-state index in [1.54, 1.807) is 6.92 Å². The lowest BCUT2D eigenvalue weighted by Gasteiger charge is -2.17. The van der Waals surface area contributed by atoms with Crippen molar-refractivity contribution in [1.29, 1.82) is 0 Å². The lowest BCUT2D eigenvalue weighted by atomic mass is 10.1. The highest BCUT2D eigenvalue weighted by Gasteiger charge is 2.28. The fraction of sp³-hybridized carbons (Fsp3) is 0.318. The maximum atomic E-state index is 12.4. The summed E-state index contributed by atoms with van der Waals surface area (Å²) in [5.41, 5.74) is 4.62. The standard InChI is InChI=1S/C22H25N4O5P/c1-13-11-16-20(21(14(13)2)31-32(29,30)12-18(27)28)24-19-15-7-5-6-8-17(15)26(22(19)23-16)10-9-25(3)4/h5-8,11H,9-10,12H2,1-4H3,(H,27,28)(H,29,30). The molecule has 0 radical (unpaired) electrons. The van der Waals surface area contributed by atoms with Gasteiger partial charge in [0.15, 0.2) is 17.6 Å². The van der Waals surface area contributed by atoms with E-state index in [4.69, 9.17) is 19.6 Å². The number of carboxylic acid groups (broad SMARTS) is 1. The molecule has 2 heterocycles. The molecule has 0 spiro atoms. The van der Waals surface area contributed by atoms with Gasteiger partial charge in [-0.15, -0.1) is 0 Å². The molecule has 0 saturated carbocycles. The van der Waals surface area contributed by atoms with E-state index >= 15 is 0 Å². The number of rotatable bonds is 7. The van der Waals surface area contributed by atoms with Gasteiger partial charge >= 0.3 is 13.6 Å². The molecule has 0 saturated heterocycles. The SMILES string of the molecule is Cc1cc2nc3c(nc2c(OP(=O)(O)CC(=O)O)c1C)c1ccccc1n3CCN(C)C. The van der Waals surface area contributed by atoms with Crippen LogP contribution in [0, 0.1) is 13.8 Å². The minimum atomic E-state index is -4.42. The molecule has 0 bridgehead atoms. The molecular formula is C22H25N4O5P. The van der Waals surface area contributed by atoms with Crippen LogP contribution in [-0.4, -0.2) is 62.2 Å². The zero-order chi connectivity index (χ0) is 23.2. The first-order valence-electron chi connectivity index (χ1n) is 10.1. The minimum Gasteiger partial charge on any atom is -0.481 e. The normalized spacial score (nSPS) is 13.8. The monoisotopic (exact) mass is 456 g/mol. The van der Waals surface area contributed by atoms with Crippen molar-refractivity contribution in [2.24, 2.45) is 0 Å². The molecule has 32 heavy (non-hydrogen) atoms. The number of aliphatic carboxylic acids is 1. The van der Waals surface area contributed by atoms with E-state index in [1.165, 1.54) is 0 Å². The Kier molecular flexibility index (Phi) is 5.67. The van der Waals surface area contributed by atoms with Gasteiger partial charge in [-0.3, -0.25) is 4.79 Å². The molecule has 0 aliphatic heterocycles. The van der Waals surface area contributed by atoms with Crippen LogP contribution >= 0.6 is 7.60 Å². The van der Waals surface area contributed by atoms with E-state index in [0.29, 0.717) is 27.8 Å². The molecule has 2 aromatic carbocycles. The van der Waals surface area contributed by atoms with Crippen LogP contribution in [0.4, 0.5) is 0 Å².